The average molecular weight is 214 g/mol. The Morgan fingerprint density at radius 1 is 1.25 bits per heavy atom. The second-order valence-corrected chi connectivity index (χ2v) is 3.39. The Morgan fingerprint density at radius 2 is 1.94 bits per heavy atom. The van der Waals surface area contributed by atoms with E-state index in [4.69, 9.17) is 14.7 Å². The standard InChI is InChI=1S/C11H6N2O3/c12-3-6-4-13-11(14)8-2-10-9(1-7(6)8)15-5-16-10/h1-2,4H,5H2,(H,13,14). The van der Waals surface area contributed by atoms with E-state index in [-0.39, 0.29) is 12.4 Å². The molecule has 78 valence electrons. The Hall–Kier alpha value is -2.48. The summed E-state index contributed by atoms with van der Waals surface area (Å²) in [6.45, 7) is 0.144. The second kappa shape index (κ2) is 3.00. The number of fused-ring (bicyclic) bond motifs is 2. The zero-order valence-corrected chi connectivity index (χ0v) is 8.11. The molecule has 1 aliphatic rings. The summed E-state index contributed by atoms with van der Waals surface area (Å²) in [6, 6.07) is 5.27. The molecule has 3 rings (SSSR count). The van der Waals surface area contributed by atoms with Gasteiger partial charge in [-0.25, -0.2) is 0 Å². The summed E-state index contributed by atoms with van der Waals surface area (Å²) in [7, 11) is 0. The monoisotopic (exact) mass is 214 g/mol. The number of hydrogen-bond donors (Lipinski definition) is 1. The number of benzene rings is 1. The zero-order valence-electron chi connectivity index (χ0n) is 8.11. The van der Waals surface area contributed by atoms with Crippen molar-refractivity contribution in [2.24, 2.45) is 0 Å². The molecule has 0 amide bonds. The molecular weight excluding hydrogens is 208 g/mol. The van der Waals surface area contributed by atoms with E-state index in [1.807, 2.05) is 6.07 Å². The van der Waals surface area contributed by atoms with Crippen molar-refractivity contribution in [3.8, 4) is 17.6 Å². The van der Waals surface area contributed by atoms with Crippen LogP contribution in [0.2, 0.25) is 0 Å². The van der Waals surface area contributed by atoms with Crippen LogP contribution in [-0.2, 0) is 0 Å². The number of aromatic nitrogens is 1. The molecular formula is C11H6N2O3. The average Bonchev–Trinajstić information content (AvgIpc) is 2.75. The van der Waals surface area contributed by atoms with Crippen LogP contribution < -0.4 is 15.0 Å². The number of nitriles is 1. The topological polar surface area (TPSA) is 75.1 Å². The Labute approximate surface area is 89.8 Å². The first kappa shape index (κ1) is 8.80. The van der Waals surface area contributed by atoms with Crippen LogP contribution in [0.4, 0.5) is 0 Å². The summed E-state index contributed by atoms with van der Waals surface area (Å²) >= 11 is 0. The third-order valence-corrected chi connectivity index (χ3v) is 2.52. The molecule has 1 N–H and O–H groups in total. The Bertz CT molecular complexity index is 682. The van der Waals surface area contributed by atoms with Gasteiger partial charge in [-0.15, -0.1) is 0 Å². The van der Waals surface area contributed by atoms with E-state index in [1.165, 1.54) is 6.20 Å². The van der Waals surface area contributed by atoms with Gasteiger partial charge in [-0.3, -0.25) is 4.79 Å². The number of H-pyrrole nitrogens is 1. The number of ether oxygens (including phenoxy) is 2. The Morgan fingerprint density at radius 3 is 2.62 bits per heavy atom. The fraction of sp³-hybridized carbons (Fsp3) is 0.0909. The highest BCUT2D eigenvalue weighted by Crippen LogP contribution is 2.35. The zero-order chi connectivity index (χ0) is 11.1. The van der Waals surface area contributed by atoms with E-state index < -0.39 is 0 Å². The number of hydrogen-bond acceptors (Lipinski definition) is 4. The number of rotatable bonds is 0. The van der Waals surface area contributed by atoms with Gasteiger partial charge < -0.3 is 14.5 Å². The maximum atomic E-state index is 11.6. The lowest BCUT2D eigenvalue weighted by Crippen LogP contribution is -2.06. The largest absolute Gasteiger partial charge is 0.454 e. The van der Waals surface area contributed by atoms with Gasteiger partial charge in [0.1, 0.15) is 6.07 Å². The molecule has 0 atom stereocenters. The van der Waals surface area contributed by atoms with Crippen LogP contribution in [0.25, 0.3) is 10.8 Å². The van der Waals surface area contributed by atoms with Gasteiger partial charge in [0.25, 0.3) is 5.56 Å². The predicted octanol–water partition coefficient (Wildman–Crippen LogP) is 1.13. The summed E-state index contributed by atoms with van der Waals surface area (Å²) in [5.41, 5.74) is 0.167. The number of pyridine rings is 1. The van der Waals surface area contributed by atoms with Crippen molar-refractivity contribution in [2.45, 2.75) is 0 Å². The van der Waals surface area contributed by atoms with Gasteiger partial charge in [-0.2, -0.15) is 5.26 Å². The molecule has 0 fully saturated rings. The van der Waals surface area contributed by atoms with Crippen molar-refractivity contribution in [1.82, 2.24) is 4.98 Å². The molecule has 0 radical (unpaired) electrons. The number of nitrogens with one attached hydrogen (secondary N) is 1. The highest BCUT2D eigenvalue weighted by atomic mass is 16.7. The predicted molar refractivity (Wildman–Crippen MR) is 55.4 cm³/mol. The van der Waals surface area contributed by atoms with E-state index >= 15 is 0 Å². The van der Waals surface area contributed by atoms with Crippen molar-refractivity contribution < 1.29 is 9.47 Å². The molecule has 0 aliphatic carbocycles. The van der Waals surface area contributed by atoms with Crippen LogP contribution in [0.3, 0.4) is 0 Å². The van der Waals surface area contributed by atoms with Crippen LogP contribution in [0, 0.1) is 11.3 Å². The molecule has 2 heterocycles. The molecule has 0 saturated heterocycles. The first-order valence-corrected chi connectivity index (χ1v) is 4.65. The smallest absolute Gasteiger partial charge is 0.256 e. The number of aromatic amines is 1. The van der Waals surface area contributed by atoms with E-state index in [1.54, 1.807) is 12.1 Å². The highest BCUT2D eigenvalue weighted by Gasteiger charge is 2.16. The van der Waals surface area contributed by atoms with E-state index in [9.17, 15) is 4.79 Å². The molecule has 5 heteroatoms. The quantitative estimate of drug-likeness (QED) is 0.713. The van der Waals surface area contributed by atoms with E-state index in [0.717, 1.165) is 0 Å². The van der Waals surface area contributed by atoms with Crippen molar-refractivity contribution >= 4 is 10.8 Å². The summed E-state index contributed by atoms with van der Waals surface area (Å²) in [4.78, 5) is 14.1. The van der Waals surface area contributed by atoms with Gasteiger partial charge in [0, 0.05) is 11.6 Å². The van der Waals surface area contributed by atoms with Crippen LogP contribution in [0.15, 0.2) is 23.1 Å². The molecule has 0 bridgehead atoms. The minimum Gasteiger partial charge on any atom is -0.454 e. The fourth-order valence-electron chi connectivity index (χ4n) is 1.74. The summed E-state index contributed by atoms with van der Waals surface area (Å²) in [5.74, 6) is 1.10. The molecule has 5 nitrogen and oxygen atoms in total. The lowest BCUT2D eigenvalue weighted by atomic mass is 10.1. The minimum absolute atomic E-state index is 0.144. The number of nitrogens with zero attached hydrogens (tertiary/aromatic N) is 1. The summed E-state index contributed by atoms with van der Waals surface area (Å²) < 4.78 is 10.4. The SMILES string of the molecule is N#Cc1c[nH]c(=O)c2cc3c(cc12)OCO3. The van der Waals surface area contributed by atoms with Crippen molar-refractivity contribution in [1.29, 1.82) is 5.26 Å². The van der Waals surface area contributed by atoms with Crippen LogP contribution in [0.1, 0.15) is 5.56 Å². The molecule has 0 spiro atoms. The Kier molecular flexibility index (Phi) is 1.65. The molecule has 16 heavy (non-hydrogen) atoms. The second-order valence-electron chi connectivity index (χ2n) is 3.39. The lowest BCUT2D eigenvalue weighted by molar-refractivity contribution is 0.174. The summed E-state index contributed by atoms with van der Waals surface area (Å²) in [6.07, 6.45) is 1.40. The fourth-order valence-corrected chi connectivity index (χ4v) is 1.74. The maximum Gasteiger partial charge on any atom is 0.256 e. The molecule has 1 aromatic carbocycles. The first-order chi connectivity index (χ1) is 7.79. The molecule has 0 saturated carbocycles. The van der Waals surface area contributed by atoms with Gasteiger partial charge in [0.2, 0.25) is 6.79 Å². The van der Waals surface area contributed by atoms with Gasteiger partial charge in [0.05, 0.1) is 10.9 Å². The first-order valence-electron chi connectivity index (χ1n) is 4.65. The van der Waals surface area contributed by atoms with Crippen LogP contribution in [0.5, 0.6) is 11.5 Å². The van der Waals surface area contributed by atoms with Gasteiger partial charge in [0.15, 0.2) is 11.5 Å². The Balaban J connectivity index is 2.48. The lowest BCUT2D eigenvalue weighted by Gasteiger charge is -2.01. The van der Waals surface area contributed by atoms with Crippen molar-refractivity contribution in [3.63, 3.8) is 0 Å². The van der Waals surface area contributed by atoms with Crippen LogP contribution >= 0.6 is 0 Å². The maximum absolute atomic E-state index is 11.6. The third-order valence-electron chi connectivity index (χ3n) is 2.52. The van der Waals surface area contributed by atoms with E-state index in [2.05, 4.69) is 4.98 Å². The van der Waals surface area contributed by atoms with Crippen molar-refractivity contribution in [2.75, 3.05) is 6.79 Å². The van der Waals surface area contributed by atoms with Gasteiger partial charge in [-0.1, -0.05) is 0 Å². The molecule has 1 aromatic heterocycles. The molecule has 1 aliphatic heterocycles. The van der Waals surface area contributed by atoms with E-state index in [0.29, 0.717) is 27.8 Å². The highest BCUT2D eigenvalue weighted by molar-refractivity contribution is 5.89. The normalized spacial score (nSPS) is 12.7. The van der Waals surface area contributed by atoms with Gasteiger partial charge >= 0.3 is 0 Å². The summed E-state index contributed by atoms with van der Waals surface area (Å²) in [5, 5.41) is 9.94. The molecule has 0 unspecified atom stereocenters. The minimum atomic E-state index is -0.243. The third kappa shape index (κ3) is 1.07. The molecule has 2 aromatic rings. The van der Waals surface area contributed by atoms with Crippen molar-refractivity contribution in [3.05, 3.63) is 34.2 Å². The van der Waals surface area contributed by atoms with Crippen LogP contribution in [-0.4, -0.2) is 11.8 Å². The van der Waals surface area contributed by atoms with Gasteiger partial charge in [-0.05, 0) is 12.1 Å².